The number of morpholine rings is 1. The lowest BCUT2D eigenvalue weighted by Crippen LogP contribution is -2.38. The Bertz CT molecular complexity index is 547. The number of halogens is 1. The molecule has 2 N–H and O–H groups in total. The van der Waals surface area contributed by atoms with Crippen LogP contribution in [0.1, 0.15) is 24.5 Å². The Labute approximate surface area is 181 Å². The Morgan fingerprint density at radius 1 is 1.15 bits per heavy atom. The van der Waals surface area contributed by atoms with Crippen LogP contribution in [0.4, 0.5) is 0 Å². The van der Waals surface area contributed by atoms with Gasteiger partial charge in [-0.1, -0.05) is 24.3 Å². The largest absolute Gasteiger partial charge is 0.379 e. The van der Waals surface area contributed by atoms with Crippen molar-refractivity contribution in [3.63, 3.8) is 0 Å². The minimum Gasteiger partial charge on any atom is -0.379 e. The number of ether oxygens (including phenoxy) is 1. The van der Waals surface area contributed by atoms with Gasteiger partial charge in [-0.05, 0) is 45.1 Å². The standard InChI is InChI=1S/C20H35N5O.HI/c1-4-21-20(22-10-7-11-24(2)3)23-16-18-8-5-6-9-19(18)17-25-12-14-26-15-13-25;/h5-6,8-9H,4,7,10-17H2,1-3H3,(H2,21,22,23);1H. The molecule has 0 atom stereocenters. The van der Waals surface area contributed by atoms with Gasteiger partial charge in [0.25, 0.3) is 0 Å². The summed E-state index contributed by atoms with van der Waals surface area (Å²) in [4.78, 5) is 9.45. The van der Waals surface area contributed by atoms with Gasteiger partial charge in [0.2, 0.25) is 0 Å². The number of hydrogen-bond acceptors (Lipinski definition) is 4. The fourth-order valence-electron chi connectivity index (χ4n) is 2.97. The van der Waals surface area contributed by atoms with E-state index >= 15 is 0 Å². The highest BCUT2D eigenvalue weighted by Crippen LogP contribution is 2.14. The fourth-order valence-corrected chi connectivity index (χ4v) is 2.97. The molecular formula is C20H36IN5O. The fraction of sp³-hybridized carbons (Fsp3) is 0.650. The maximum absolute atomic E-state index is 5.45. The van der Waals surface area contributed by atoms with Gasteiger partial charge in [-0.3, -0.25) is 4.90 Å². The summed E-state index contributed by atoms with van der Waals surface area (Å²) >= 11 is 0. The van der Waals surface area contributed by atoms with E-state index in [0.29, 0.717) is 6.54 Å². The van der Waals surface area contributed by atoms with Crippen molar-refractivity contribution in [2.45, 2.75) is 26.4 Å². The van der Waals surface area contributed by atoms with E-state index in [2.05, 4.69) is 65.7 Å². The number of benzene rings is 1. The van der Waals surface area contributed by atoms with Gasteiger partial charge >= 0.3 is 0 Å². The molecule has 7 heteroatoms. The lowest BCUT2D eigenvalue weighted by atomic mass is 10.1. The topological polar surface area (TPSA) is 52.1 Å². The predicted molar refractivity (Wildman–Crippen MR) is 124 cm³/mol. The van der Waals surface area contributed by atoms with Crippen LogP contribution in [0.3, 0.4) is 0 Å². The Kier molecular flexibility index (Phi) is 12.6. The van der Waals surface area contributed by atoms with Gasteiger partial charge in [-0.15, -0.1) is 24.0 Å². The van der Waals surface area contributed by atoms with E-state index in [1.165, 1.54) is 11.1 Å². The van der Waals surface area contributed by atoms with E-state index in [4.69, 9.17) is 9.73 Å². The van der Waals surface area contributed by atoms with Crippen LogP contribution in [0, 0.1) is 0 Å². The second-order valence-electron chi connectivity index (χ2n) is 6.94. The van der Waals surface area contributed by atoms with Gasteiger partial charge < -0.3 is 20.3 Å². The average molecular weight is 489 g/mol. The van der Waals surface area contributed by atoms with E-state index in [1.807, 2.05) is 0 Å². The van der Waals surface area contributed by atoms with Crippen LogP contribution in [0.5, 0.6) is 0 Å². The van der Waals surface area contributed by atoms with Crippen LogP contribution < -0.4 is 10.6 Å². The minimum atomic E-state index is 0. The number of guanidine groups is 1. The summed E-state index contributed by atoms with van der Waals surface area (Å²) < 4.78 is 5.45. The third-order valence-corrected chi connectivity index (χ3v) is 4.44. The maximum atomic E-state index is 5.45. The van der Waals surface area contributed by atoms with E-state index in [1.54, 1.807) is 0 Å². The molecule has 0 radical (unpaired) electrons. The van der Waals surface area contributed by atoms with Gasteiger partial charge in [-0.25, -0.2) is 4.99 Å². The van der Waals surface area contributed by atoms with Crippen molar-refractivity contribution in [1.82, 2.24) is 20.4 Å². The number of rotatable bonds is 9. The van der Waals surface area contributed by atoms with E-state index in [9.17, 15) is 0 Å². The average Bonchev–Trinajstić information content (AvgIpc) is 2.65. The number of aliphatic imine (C=N–C) groups is 1. The van der Waals surface area contributed by atoms with E-state index in [0.717, 1.165) is 64.9 Å². The van der Waals surface area contributed by atoms with Gasteiger partial charge in [0, 0.05) is 32.7 Å². The first-order chi connectivity index (χ1) is 12.7. The molecule has 1 saturated heterocycles. The highest BCUT2D eigenvalue weighted by Gasteiger charge is 2.12. The second kappa shape index (κ2) is 14.1. The molecule has 1 heterocycles. The zero-order chi connectivity index (χ0) is 18.6. The summed E-state index contributed by atoms with van der Waals surface area (Å²) in [6.45, 7) is 10.3. The molecule has 0 bridgehead atoms. The molecule has 1 aromatic carbocycles. The molecule has 0 aromatic heterocycles. The molecule has 0 aliphatic carbocycles. The molecule has 0 saturated carbocycles. The van der Waals surface area contributed by atoms with Crippen LogP contribution in [-0.2, 0) is 17.8 Å². The number of hydrogen-bond donors (Lipinski definition) is 2. The highest BCUT2D eigenvalue weighted by molar-refractivity contribution is 14.0. The van der Waals surface area contributed by atoms with E-state index < -0.39 is 0 Å². The van der Waals surface area contributed by atoms with Crippen LogP contribution in [-0.4, -0.2) is 75.8 Å². The van der Waals surface area contributed by atoms with Crippen molar-refractivity contribution in [3.05, 3.63) is 35.4 Å². The lowest BCUT2D eigenvalue weighted by molar-refractivity contribution is 0.0341. The second-order valence-corrected chi connectivity index (χ2v) is 6.94. The summed E-state index contributed by atoms with van der Waals surface area (Å²) in [6, 6.07) is 8.63. The van der Waals surface area contributed by atoms with E-state index in [-0.39, 0.29) is 24.0 Å². The van der Waals surface area contributed by atoms with Crippen LogP contribution >= 0.6 is 24.0 Å². The molecular weight excluding hydrogens is 453 g/mol. The predicted octanol–water partition coefficient (Wildman–Crippen LogP) is 2.14. The zero-order valence-corrected chi connectivity index (χ0v) is 19.4. The van der Waals surface area contributed by atoms with Crippen molar-refractivity contribution in [2.24, 2.45) is 4.99 Å². The van der Waals surface area contributed by atoms with Crippen LogP contribution in [0.2, 0.25) is 0 Å². The maximum Gasteiger partial charge on any atom is 0.191 e. The van der Waals surface area contributed by atoms with Gasteiger partial charge in [0.1, 0.15) is 0 Å². The van der Waals surface area contributed by atoms with Gasteiger partial charge in [-0.2, -0.15) is 0 Å². The first kappa shape index (κ1) is 24.1. The third-order valence-electron chi connectivity index (χ3n) is 4.44. The molecule has 1 aliphatic heterocycles. The van der Waals surface area contributed by atoms with Crippen LogP contribution in [0.25, 0.3) is 0 Å². The minimum absolute atomic E-state index is 0. The summed E-state index contributed by atoms with van der Waals surface area (Å²) in [5, 5.41) is 6.77. The molecule has 1 aliphatic rings. The third kappa shape index (κ3) is 9.73. The highest BCUT2D eigenvalue weighted by atomic mass is 127. The lowest BCUT2D eigenvalue weighted by Gasteiger charge is -2.27. The molecule has 2 rings (SSSR count). The number of nitrogens with one attached hydrogen (secondary N) is 2. The first-order valence-electron chi connectivity index (χ1n) is 9.73. The zero-order valence-electron chi connectivity index (χ0n) is 17.0. The number of nitrogens with zero attached hydrogens (tertiary/aromatic N) is 3. The summed E-state index contributed by atoms with van der Waals surface area (Å²) in [5.74, 6) is 0.896. The monoisotopic (exact) mass is 489 g/mol. The summed E-state index contributed by atoms with van der Waals surface area (Å²) in [7, 11) is 4.20. The van der Waals surface area contributed by atoms with Gasteiger partial charge in [0.05, 0.1) is 19.8 Å². The van der Waals surface area contributed by atoms with Crippen molar-refractivity contribution in [3.8, 4) is 0 Å². The van der Waals surface area contributed by atoms with Crippen molar-refractivity contribution < 1.29 is 4.74 Å². The van der Waals surface area contributed by atoms with Crippen molar-refractivity contribution in [1.29, 1.82) is 0 Å². The quantitative estimate of drug-likeness (QED) is 0.241. The Morgan fingerprint density at radius 2 is 1.85 bits per heavy atom. The SMILES string of the molecule is CCNC(=NCc1ccccc1CN1CCOCC1)NCCCN(C)C.I. The molecule has 1 aromatic rings. The molecule has 154 valence electrons. The molecule has 0 spiro atoms. The first-order valence-corrected chi connectivity index (χ1v) is 9.73. The smallest absolute Gasteiger partial charge is 0.191 e. The Morgan fingerprint density at radius 3 is 2.52 bits per heavy atom. The normalized spacial score (nSPS) is 15.5. The molecule has 0 amide bonds. The van der Waals surface area contributed by atoms with Crippen molar-refractivity contribution >= 4 is 29.9 Å². The molecule has 1 fully saturated rings. The van der Waals surface area contributed by atoms with Crippen molar-refractivity contribution in [2.75, 3.05) is 60.0 Å². The molecule has 0 unspecified atom stereocenters. The summed E-state index contributed by atoms with van der Waals surface area (Å²) in [6.07, 6.45) is 1.10. The Hall–Kier alpha value is -0.900. The van der Waals surface area contributed by atoms with Crippen LogP contribution in [0.15, 0.2) is 29.3 Å². The Balaban J connectivity index is 0.00000364. The molecule has 6 nitrogen and oxygen atoms in total. The molecule has 27 heavy (non-hydrogen) atoms. The summed E-state index contributed by atoms with van der Waals surface area (Å²) in [5.41, 5.74) is 2.66. The van der Waals surface area contributed by atoms with Gasteiger partial charge in [0.15, 0.2) is 5.96 Å².